The molecule has 0 radical (unpaired) electrons. The van der Waals surface area contributed by atoms with Crippen LogP contribution in [0.5, 0.6) is 0 Å². The third kappa shape index (κ3) is 4.06. The number of rotatable bonds is 3. The Kier molecular flexibility index (Phi) is 4.34. The van der Waals surface area contributed by atoms with Crippen molar-refractivity contribution in [2.45, 2.75) is 58.6 Å². The van der Waals surface area contributed by atoms with Crippen LogP contribution in [0.1, 0.15) is 45.1 Å². The Balaban J connectivity index is 2.00. The Bertz CT molecular complexity index is 530. The zero-order valence-electron chi connectivity index (χ0n) is 13.0. The molecule has 0 aliphatic carbocycles. The van der Waals surface area contributed by atoms with Crippen molar-refractivity contribution in [2.24, 2.45) is 0 Å². The highest BCUT2D eigenvalue weighted by atomic mass is 16.6. The van der Waals surface area contributed by atoms with Gasteiger partial charge in [0.1, 0.15) is 11.4 Å². The topological polar surface area (TPSA) is 72.6 Å². The first kappa shape index (κ1) is 15.5. The quantitative estimate of drug-likeness (QED) is 0.856. The zero-order chi connectivity index (χ0) is 15.6. The van der Waals surface area contributed by atoms with Gasteiger partial charge in [-0.1, -0.05) is 5.16 Å². The molecule has 1 atom stereocenters. The van der Waals surface area contributed by atoms with Crippen molar-refractivity contribution in [1.29, 1.82) is 0 Å². The summed E-state index contributed by atoms with van der Waals surface area (Å²) in [7, 11) is 0. The molecule has 116 valence electrons. The molecule has 1 saturated heterocycles. The number of hydrogen-bond donors (Lipinski definition) is 0. The van der Waals surface area contributed by atoms with Crippen LogP contribution < -0.4 is 0 Å². The van der Waals surface area contributed by atoms with E-state index >= 15 is 0 Å². The molecular weight excluding hydrogens is 272 g/mol. The standard InChI is InChI=1S/C15H22N2O4/c1-10-8-11(21-16-10)9-13(18)12-6-5-7-17(12)14(19)20-15(2,3)4/h8,12H,5-7,9H2,1-4H3/t12-/m0/s1. The number of carbonyl (C=O) groups excluding carboxylic acids is 2. The first-order chi connectivity index (χ1) is 9.76. The largest absolute Gasteiger partial charge is 0.444 e. The molecule has 0 spiro atoms. The third-order valence-corrected chi connectivity index (χ3v) is 3.28. The van der Waals surface area contributed by atoms with Gasteiger partial charge in [0, 0.05) is 12.6 Å². The highest BCUT2D eigenvalue weighted by Gasteiger charge is 2.36. The molecule has 21 heavy (non-hydrogen) atoms. The first-order valence-electron chi connectivity index (χ1n) is 7.21. The molecule has 0 N–H and O–H groups in total. The van der Waals surface area contributed by atoms with E-state index < -0.39 is 17.7 Å². The van der Waals surface area contributed by atoms with Crippen LogP contribution in [0.15, 0.2) is 10.6 Å². The van der Waals surface area contributed by atoms with E-state index in [2.05, 4.69) is 5.16 Å². The van der Waals surface area contributed by atoms with E-state index in [1.165, 1.54) is 4.90 Å². The minimum Gasteiger partial charge on any atom is -0.444 e. The Morgan fingerprint density at radius 3 is 2.76 bits per heavy atom. The summed E-state index contributed by atoms with van der Waals surface area (Å²) in [6.07, 6.45) is 1.22. The number of amides is 1. The maximum absolute atomic E-state index is 12.4. The number of ether oxygens (including phenoxy) is 1. The van der Waals surface area contributed by atoms with Crippen LogP contribution in [-0.2, 0) is 16.0 Å². The SMILES string of the molecule is Cc1cc(CC(=O)[C@@H]2CCCN2C(=O)OC(C)(C)C)on1. The molecule has 1 aromatic heterocycles. The van der Waals surface area contributed by atoms with Crippen LogP contribution in [-0.4, -0.2) is 40.1 Å². The van der Waals surface area contributed by atoms with Crippen molar-refractivity contribution in [2.75, 3.05) is 6.54 Å². The summed E-state index contributed by atoms with van der Waals surface area (Å²) in [6.45, 7) is 7.81. The average molecular weight is 294 g/mol. The molecule has 1 aliphatic heterocycles. The number of Topliss-reactive ketones (excluding diaryl/α,β-unsaturated/α-hetero) is 1. The number of nitrogens with zero attached hydrogens (tertiary/aromatic N) is 2. The molecule has 0 bridgehead atoms. The van der Waals surface area contributed by atoms with E-state index in [0.717, 1.165) is 12.1 Å². The minimum absolute atomic E-state index is 0.0329. The number of aromatic nitrogens is 1. The van der Waals surface area contributed by atoms with E-state index in [1.807, 2.05) is 20.8 Å². The predicted octanol–water partition coefficient (Wildman–Crippen LogP) is 2.49. The van der Waals surface area contributed by atoms with Gasteiger partial charge in [0.2, 0.25) is 0 Å². The van der Waals surface area contributed by atoms with Crippen molar-refractivity contribution in [3.63, 3.8) is 0 Å². The Morgan fingerprint density at radius 1 is 1.48 bits per heavy atom. The smallest absolute Gasteiger partial charge is 0.410 e. The Labute approximate surface area is 124 Å². The maximum Gasteiger partial charge on any atom is 0.410 e. The van der Waals surface area contributed by atoms with Crippen molar-refractivity contribution in [3.8, 4) is 0 Å². The second-order valence-corrected chi connectivity index (χ2v) is 6.41. The molecule has 2 heterocycles. The number of aryl methyl sites for hydroxylation is 1. The van der Waals surface area contributed by atoms with Crippen molar-refractivity contribution < 1.29 is 18.8 Å². The van der Waals surface area contributed by atoms with Crippen LogP contribution in [0.3, 0.4) is 0 Å². The van der Waals surface area contributed by atoms with E-state index in [9.17, 15) is 9.59 Å². The third-order valence-electron chi connectivity index (χ3n) is 3.28. The van der Waals surface area contributed by atoms with Gasteiger partial charge in [0.05, 0.1) is 18.2 Å². The Morgan fingerprint density at radius 2 is 2.19 bits per heavy atom. The zero-order valence-corrected chi connectivity index (χ0v) is 13.0. The summed E-state index contributed by atoms with van der Waals surface area (Å²) >= 11 is 0. The van der Waals surface area contributed by atoms with E-state index in [0.29, 0.717) is 18.7 Å². The fraction of sp³-hybridized carbons (Fsp3) is 0.667. The van der Waals surface area contributed by atoms with Crippen LogP contribution in [0.25, 0.3) is 0 Å². The van der Waals surface area contributed by atoms with E-state index in [4.69, 9.17) is 9.26 Å². The van der Waals surface area contributed by atoms with Crippen LogP contribution in [0.2, 0.25) is 0 Å². The molecule has 1 aliphatic rings. The summed E-state index contributed by atoms with van der Waals surface area (Å²) in [5.41, 5.74) is 0.184. The molecule has 6 heteroatoms. The first-order valence-corrected chi connectivity index (χ1v) is 7.21. The maximum atomic E-state index is 12.4. The second-order valence-electron chi connectivity index (χ2n) is 6.41. The van der Waals surface area contributed by atoms with Gasteiger partial charge in [-0.15, -0.1) is 0 Å². The lowest BCUT2D eigenvalue weighted by Gasteiger charge is -2.27. The summed E-state index contributed by atoms with van der Waals surface area (Å²) in [4.78, 5) is 26.0. The van der Waals surface area contributed by atoms with Gasteiger partial charge < -0.3 is 9.26 Å². The summed E-state index contributed by atoms with van der Waals surface area (Å²) < 4.78 is 10.4. The second kappa shape index (κ2) is 5.87. The van der Waals surface area contributed by atoms with Crippen LogP contribution >= 0.6 is 0 Å². The molecule has 1 amide bonds. The fourth-order valence-electron chi connectivity index (χ4n) is 2.43. The van der Waals surface area contributed by atoms with Crippen molar-refractivity contribution in [3.05, 3.63) is 17.5 Å². The number of ketones is 1. The lowest BCUT2D eigenvalue weighted by molar-refractivity contribution is -0.123. The summed E-state index contributed by atoms with van der Waals surface area (Å²) in [6, 6.07) is 1.32. The molecule has 0 saturated carbocycles. The van der Waals surface area contributed by atoms with Gasteiger partial charge in [0.25, 0.3) is 0 Å². The van der Waals surface area contributed by atoms with Crippen LogP contribution in [0.4, 0.5) is 4.79 Å². The van der Waals surface area contributed by atoms with Gasteiger partial charge in [-0.3, -0.25) is 9.69 Å². The predicted molar refractivity (Wildman–Crippen MR) is 75.9 cm³/mol. The van der Waals surface area contributed by atoms with Crippen molar-refractivity contribution >= 4 is 11.9 Å². The van der Waals surface area contributed by atoms with Gasteiger partial charge >= 0.3 is 6.09 Å². The van der Waals surface area contributed by atoms with Crippen molar-refractivity contribution in [1.82, 2.24) is 10.1 Å². The molecule has 0 aromatic carbocycles. The van der Waals surface area contributed by atoms with Gasteiger partial charge in [-0.2, -0.15) is 0 Å². The highest BCUT2D eigenvalue weighted by Crippen LogP contribution is 2.22. The lowest BCUT2D eigenvalue weighted by atomic mass is 10.1. The molecule has 6 nitrogen and oxygen atoms in total. The molecule has 0 unspecified atom stereocenters. The number of carbonyl (C=O) groups is 2. The highest BCUT2D eigenvalue weighted by molar-refractivity contribution is 5.89. The lowest BCUT2D eigenvalue weighted by Crippen LogP contribution is -2.43. The summed E-state index contributed by atoms with van der Waals surface area (Å²) in [5, 5.41) is 3.77. The van der Waals surface area contributed by atoms with Crippen LogP contribution in [0, 0.1) is 6.92 Å². The average Bonchev–Trinajstić information content (AvgIpc) is 2.95. The number of hydrogen-bond acceptors (Lipinski definition) is 5. The van der Waals surface area contributed by atoms with E-state index in [1.54, 1.807) is 13.0 Å². The van der Waals surface area contributed by atoms with Gasteiger partial charge in [0.15, 0.2) is 5.78 Å². The Hall–Kier alpha value is -1.85. The van der Waals surface area contributed by atoms with Gasteiger partial charge in [-0.05, 0) is 40.5 Å². The minimum atomic E-state index is -0.560. The molecular formula is C15H22N2O4. The van der Waals surface area contributed by atoms with Gasteiger partial charge in [-0.25, -0.2) is 4.79 Å². The normalized spacial score (nSPS) is 18.9. The monoisotopic (exact) mass is 294 g/mol. The van der Waals surface area contributed by atoms with E-state index in [-0.39, 0.29) is 12.2 Å². The summed E-state index contributed by atoms with van der Waals surface area (Å²) in [5.74, 6) is 0.503. The number of likely N-dealkylation sites (tertiary alicyclic amines) is 1. The molecule has 1 fully saturated rings. The molecule has 1 aromatic rings. The molecule has 2 rings (SSSR count). The fourth-order valence-corrected chi connectivity index (χ4v) is 2.43.